The van der Waals surface area contributed by atoms with E-state index in [1.165, 1.54) is 24.8 Å². The van der Waals surface area contributed by atoms with Crippen molar-refractivity contribution in [3.8, 4) is 0 Å². The maximum absolute atomic E-state index is 5.79. The van der Waals surface area contributed by atoms with Crippen molar-refractivity contribution >= 4 is 0 Å². The third kappa shape index (κ3) is 2.07. The number of hydrogen-bond acceptors (Lipinski definition) is 1. The molecule has 0 saturated carbocycles. The Kier molecular flexibility index (Phi) is 3.11. The van der Waals surface area contributed by atoms with Gasteiger partial charge in [-0.1, -0.05) is 30.7 Å². The molecule has 0 fully saturated rings. The lowest BCUT2D eigenvalue weighted by Gasteiger charge is -2.30. The Morgan fingerprint density at radius 2 is 2.27 bits per heavy atom. The summed E-state index contributed by atoms with van der Waals surface area (Å²) in [6, 6.07) is 6.91. The Morgan fingerprint density at radius 1 is 1.47 bits per heavy atom. The molecule has 0 aromatic heterocycles. The highest BCUT2D eigenvalue weighted by atomic mass is 14.6. The molecule has 2 rings (SSSR count). The van der Waals surface area contributed by atoms with E-state index in [1.807, 2.05) is 0 Å². The first-order valence-electron chi connectivity index (χ1n) is 6.02. The fourth-order valence-electron chi connectivity index (χ4n) is 2.74. The molecule has 82 valence electrons. The average Bonchev–Trinajstić information content (AvgIpc) is 2.26. The predicted octanol–water partition coefficient (Wildman–Crippen LogP) is 3.01. The normalized spacial score (nSPS) is 22.2. The van der Waals surface area contributed by atoms with E-state index in [-0.39, 0.29) is 0 Å². The minimum absolute atomic E-state index is 0.617. The molecule has 0 saturated heterocycles. The Hall–Kier alpha value is -0.820. The van der Waals surface area contributed by atoms with Crippen molar-refractivity contribution in [2.75, 3.05) is 6.54 Å². The van der Waals surface area contributed by atoms with Crippen molar-refractivity contribution in [2.45, 2.75) is 39.0 Å². The zero-order valence-electron chi connectivity index (χ0n) is 9.79. The SMILES string of the molecule is Cc1ccc2c(c1)CCCC2C(C)CN. The monoisotopic (exact) mass is 203 g/mol. The molecule has 2 N–H and O–H groups in total. The smallest absolute Gasteiger partial charge is 0.00457 e. The van der Waals surface area contributed by atoms with E-state index in [9.17, 15) is 0 Å². The van der Waals surface area contributed by atoms with Gasteiger partial charge in [-0.25, -0.2) is 0 Å². The van der Waals surface area contributed by atoms with Crippen LogP contribution in [-0.4, -0.2) is 6.54 Å². The summed E-state index contributed by atoms with van der Waals surface area (Å²) in [5.41, 5.74) is 10.3. The van der Waals surface area contributed by atoms with E-state index in [0.29, 0.717) is 11.8 Å². The Balaban J connectivity index is 2.34. The molecule has 0 aliphatic heterocycles. The molecule has 1 nitrogen and oxygen atoms in total. The fourth-order valence-corrected chi connectivity index (χ4v) is 2.74. The Morgan fingerprint density at radius 3 is 3.00 bits per heavy atom. The molecular weight excluding hydrogens is 182 g/mol. The summed E-state index contributed by atoms with van der Waals surface area (Å²) < 4.78 is 0. The van der Waals surface area contributed by atoms with E-state index in [1.54, 1.807) is 11.1 Å². The molecule has 2 atom stereocenters. The average molecular weight is 203 g/mol. The van der Waals surface area contributed by atoms with Gasteiger partial charge in [-0.15, -0.1) is 0 Å². The topological polar surface area (TPSA) is 26.0 Å². The second-order valence-electron chi connectivity index (χ2n) is 4.91. The minimum atomic E-state index is 0.617. The Labute approximate surface area is 92.7 Å². The summed E-state index contributed by atoms with van der Waals surface area (Å²) in [6.07, 6.45) is 3.89. The van der Waals surface area contributed by atoms with Crippen LogP contribution in [0.2, 0.25) is 0 Å². The first kappa shape index (κ1) is 10.7. The first-order valence-corrected chi connectivity index (χ1v) is 6.02. The lowest BCUT2D eigenvalue weighted by Crippen LogP contribution is -2.22. The van der Waals surface area contributed by atoms with Gasteiger partial charge in [-0.3, -0.25) is 0 Å². The zero-order chi connectivity index (χ0) is 10.8. The third-order valence-electron chi connectivity index (χ3n) is 3.72. The summed E-state index contributed by atoms with van der Waals surface area (Å²) >= 11 is 0. The second-order valence-corrected chi connectivity index (χ2v) is 4.91. The van der Waals surface area contributed by atoms with Gasteiger partial charge in [0.1, 0.15) is 0 Å². The molecule has 1 aliphatic carbocycles. The highest BCUT2D eigenvalue weighted by Gasteiger charge is 2.24. The number of aryl methyl sites for hydroxylation is 2. The summed E-state index contributed by atoms with van der Waals surface area (Å²) in [4.78, 5) is 0. The predicted molar refractivity (Wildman–Crippen MR) is 65.1 cm³/mol. The van der Waals surface area contributed by atoms with Crippen LogP contribution in [-0.2, 0) is 6.42 Å². The minimum Gasteiger partial charge on any atom is -0.330 e. The van der Waals surface area contributed by atoms with Crippen LogP contribution in [0.25, 0.3) is 0 Å². The highest BCUT2D eigenvalue weighted by molar-refractivity contribution is 5.36. The van der Waals surface area contributed by atoms with Gasteiger partial charge in [-0.2, -0.15) is 0 Å². The fraction of sp³-hybridized carbons (Fsp3) is 0.571. The number of nitrogens with two attached hydrogens (primary N) is 1. The summed E-state index contributed by atoms with van der Waals surface area (Å²) in [5.74, 6) is 1.31. The molecule has 1 aromatic rings. The molecule has 1 aromatic carbocycles. The standard InChI is InChI=1S/C14H21N/c1-10-6-7-14-12(8-10)4-3-5-13(14)11(2)9-15/h6-8,11,13H,3-5,9,15H2,1-2H3. The van der Waals surface area contributed by atoms with Crippen LogP contribution in [0.3, 0.4) is 0 Å². The van der Waals surface area contributed by atoms with Crippen LogP contribution in [0.5, 0.6) is 0 Å². The summed E-state index contributed by atoms with van der Waals surface area (Å²) in [6.45, 7) is 5.26. The number of benzene rings is 1. The number of fused-ring (bicyclic) bond motifs is 1. The molecular formula is C14H21N. The van der Waals surface area contributed by atoms with Gasteiger partial charge in [0.15, 0.2) is 0 Å². The third-order valence-corrected chi connectivity index (χ3v) is 3.72. The van der Waals surface area contributed by atoms with Crippen LogP contribution in [0, 0.1) is 12.8 Å². The van der Waals surface area contributed by atoms with E-state index in [4.69, 9.17) is 5.73 Å². The van der Waals surface area contributed by atoms with E-state index >= 15 is 0 Å². The second kappa shape index (κ2) is 4.36. The molecule has 0 heterocycles. The van der Waals surface area contributed by atoms with Gasteiger partial charge in [0.25, 0.3) is 0 Å². The van der Waals surface area contributed by atoms with Gasteiger partial charge in [-0.05, 0) is 55.7 Å². The Bertz CT molecular complexity index is 343. The van der Waals surface area contributed by atoms with Crippen LogP contribution < -0.4 is 5.73 Å². The van der Waals surface area contributed by atoms with Crippen molar-refractivity contribution in [1.82, 2.24) is 0 Å². The van der Waals surface area contributed by atoms with Gasteiger partial charge >= 0.3 is 0 Å². The molecule has 1 aliphatic rings. The van der Waals surface area contributed by atoms with Crippen molar-refractivity contribution in [3.63, 3.8) is 0 Å². The quantitative estimate of drug-likeness (QED) is 0.785. The highest BCUT2D eigenvalue weighted by Crippen LogP contribution is 2.36. The largest absolute Gasteiger partial charge is 0.330 e. The van der Waals surface area contributed by atoms with Gasteiger partial charge < -0.3 is 5.73 Å². The van der Waals surface area contributed by atoms with Crippen molar-refractivity contribution in [3.05, 3.63) is 34.9 Å². The lowest BCUT2D eigenvalue weighted by molar-refractivity contribution is 0.413. The number of rotatable bonds is 2. The van der Waals surface area contributed by atoms with Gasteiger partial charge in [0.05, 0.1) is 0 Å². The molecule has 0 spiro atoms. The first-order chi connectivity index (χ1) is 7.22. The zero-order valence-corrected chi connectivity index (χ0v) is 9.79. The van der Waals surface area contributed by atoms with Crippen LogP contribution >= 0.6 is 0 Å². The molecule has 0 radical (unpaired) electrons. The van der Waals surface area contributed by atoms with Crippen molar-refractivity contribution < 1.29 is 0 Å². The molecule has 1 heteroatoms. The summed E-state index contributed by atoms with van der Waals surface area (Å²) in [5, 5.41) is 0. The van der Waals surface area contributed by atoms with Crippen molar-refractivity contribution in [2.24, 2.45) is 11.7 Å². The molecule has 0 bridgehead atoms. The van der Waals surface area contributed by atoms with E-state index in [0.717, 1.165) is 6.54 Å². The van der Waals surface area contributed by atoms with Crippen LogP contribution in [0.4, 0.5) is 0 Å². The lowest BCUT2D eigenvalue weighted by atomic mass is 9.76. The maximum atomic E-state index is 5.79. The molecule has 0 amide bonds. The van der Waals surface area contributed by atoms with E-state index in [2.05, 4.69) is 32.0 Å². The van der Waals surface area contributed by atoms with Crippen LogP contribution in [0.15, 0.2) is 18.2 Å². The maximum Gasteiger partial charge on any atom is -0.00457 e. The van der Waals surface area contributed by atoms with Crippen LogP contribution in [0.1, 0.15) is 42.4 Å². The molecule has 15 heavy (non-hydrogen) atoms. The van der Waals surface area contributed by atoms with E-state index < -0.39 is 0 Å². The van der Waals surface area contributed by atoms with Crippen molar-refractivity contribution in [1.29, 1.82) is 0 Å². The molecule has 2 unspecified atom stereocenters. The summed E-state index contributed by atoms with van der Waals surface area (Å²) in [7, 11) is 0. The number of hydrogen-bond donors (Lipinski definition) is 1. The van der Waals surface area contributed by atoms with Gasteiger partial charge in [0.2, 0.25) is 0 Å². The van der Waals surface area contributed by atoms with Gasteiger partial charge in [0, 0.05) is 0 Å².